The summed E-state index contributed by atoms with van der Waals surface area (Å²) in [4.78, 5) is 26.3. The van der Waals surface area contributed by atoms with Crippen LogP contribution in [-0.2, 0) is 14.3 Å². The summed E-state index contributed by atoms with van der Waals surface area (Å²) in [5.74, 6) is -0.958. The number of carbonyl (C=O) groups is 2. The first-order chi connectivity index (χ1) is 8.10. The summed E-state index contributed by atoms with van der Waals surface area (Å²) in [5.41, 5.74) is 0. The third-order valence-electron chi connectivity index (χ3n) is 2.98. The highest BCUT2D eigenvalue weighted by atomic mass is 16.5. The Morgan fingerprint density at radius 3 is 2.59 bits per heavy atom. The lowest BCUT2D eigenvalue weighted by Crippen LogP contribution is -2.53. The van der Waals surface area contributed by atoms with Gasteiger partial charge in [-0.15, -0.1) is 0 Å². The zero-order chi connectivity index (χ0) is 12.8. The molecule has 0 radical (unpaired) electrons. The molecule has 17 heavy (non-hydrogen) atoms. The number of ether oxygens (including phenoxy) is 1. The van der Waals surface area contributed by atoms with Gasteiger partial charge in [-0.2, -0.15) is 0 Å². The molecule has 1 atom stereocenters. The van der Waals surface area contributed by atoms with Crippen molar-refractivity contribution in [3.8, 4) is 0 Å². The predicted molar refractivity (Wildman–Crippen MR) is 61.7 cm³/mol. The summed E-state index contributed by atoms with van der Waals surface area (Å²) < 4.78 is 5.12. The van der Waals surface area contributed by atoms with Gasteiger partial charge in [0.15, 0.2) is 0 Å². The van der Waals surface area contributed by atoms with Crippen LogP contribution in [0, 0.1) is 0 Å². The van der Waals surface area contributed by atoms with Crippen molar-refractivity contribution in [3.63, 3.8) is 0 Å². The highest BCUT2D eigenvalue weighted by molar-refractivity contribution is 5.80. The molecule has 6 nitrogen and oxygen atoms in total. The zero-order valence-electron chi connectivity index (χ0n) is 10.4. The number of nitrogens with zero attached hydrogens (tertiary/aromatic N) is 2. The van der Waals surface area contributed by atoms with Crippen LogP contribution in [0.1, 0.15) is 13.8 Å². The van der Waals surface area contributed by atoms with Gasteiger partial charge in [0.1, 0.15) is 6.04 Å². The summed E-state index contributed by atoms with van der Waals surface area (Å²) >= 11 is 0. The molecule has 0 bridgehead atoms. The number of likely N-dealkylation sites (N-methyl/N-ethyl adjacent to an activating group) is 1. The molecule has 1 saturated heterocycles. The summed E-state index contributed by atoms with van der Waals surface area (Å²) in [6.07, 6.45) is 0. The molecular weight excluding hydrogens is 224 g/mol. The molecule has 1 aliphatic heterocycles. The van der Waals surface area contributed by atoms with Crippen molar-refractivity contribution in [1.82, 2.24) is 9.80 Å². The van der Waals surface area contributed by atoms with Gasteiger partial charge in [0.2, 0.25) is 5.91 Å². The number of hydrogen-bond acceptors (Lipinski definition) is 4. The van der Waals surface area contributed by atoms with Crippen molar-refractivity contribution in [2.75, 3.05) is 39.4 Å². The largest absolute Gasteiger partial charge is 0.480 e. The van der Waals surface area contributed by atoms with E-state index in [4.69, 9.17) is 9.84 Å². The van der Waals surface area contributed by atoms with Crippen LogP contribution in [0.3, 0.4) is 0 Å². The molecule has 1 unspecified atom stereocenters. The Morgan fingerprint density at radius 2 is 2.06 bits per heavy atom. The van der Waals surface area contributed by atoms with E-state index < -0.39 is 12.0 Å². The molecular formula is C11H20N2O4. The molecule has 1 N–H and O–H groups in total. The van der Waals surface area contributed by atoms with Crippen molar-refractivity contribution in [3.05, 3.63) is 0 Å². The summed E-state index contributed by atoms with van der Waals surface area (Å²) in [6.45, 7) is 6.40. The first kappa shape index (κ1) is 13.9. The Morgan fingerprint density at radius 1 is 1.41 bits per heavy atom. The van der Waals surface area contributed by atoms with E-state index in [0.717, 1.165) is 0 Å². The minimum Gasteiger partial charge on any atom is -0.480 e. The van der Waals surface area contributed by atoms with Gasteiger partial charge < -0.3 is 14.7 Å². The fourth-order valence-electron chi connectivity index (χ4n) is 1.90. The van der Waals surface area contributed by atoms with E-state index in [1.165, 1.54) is 0 Å². The van der Waals surface area contributed by atoms with Gasteiger partial charge in [-0.1, -0.05) is 0 Å². The third-order valence-corrected chi connectivity index (χ3v) is 2.98. The van der Waals surface area contributed by atoms with E-state index in [9.17, 15) is 9.59 Å². The number of carboxylic acid groups (broad SMARTS) is 1. The van der Waals surface area contributed by atoms with Crippen LogP contribution in [0.5, 0.6) is 0 Å². The number of carbonyl (C=O) groups excluding carboxylic acids is 1. The first-order valence-corrected chi connectivity index (χ1v) is 5.92. The normalized spacial score (nSPS) is 21.2. The average molecular weight is 244 g/mol. The molecule has 1 fully saturated rings. The highest BCUT2D eigenvalue weighted by Gasteiger charge is 2.31. The van der Waals surface area contributed by atoms with Gasteiger partial charge in [0.25, 0.3) is 0 Å². The second-order valence-electron chi connectivity index (χ2n) is 3.97. The molecule has 98 valence electrons. The number of amides is 1. The Balaban J connectivity index is 2.58. The van der Waals surface area contributed by atoms with Crippen molar-refractivity contribution in [2.45, 2.75) is 19.9 Å². The van der Waals surface area contributed by atoms with Gasteiger partial charge in [-0.25, -0.2) is 0 Å². The molecule has 1 heterocycles. The second-order valence-corrected chi connectivity index (χ2v) is 3.97. The second kappa shape index (κ2) is 6.56. The Bertz CT molecular complexity index is 279. The smallest absolute Gasteiger partial charge is 0.323 e. The monoisotopic (exact) mass is 244 g/mol. The maximum atomic E-state index is 11.9. The van der Waals surface area contributed by atoms with Crippen molar-refractivity contribution in [1.29, 1.82) is 0 Å². The van der Waals surface area contributed by atoms with Crippen LogP contribution in [0.15, 0.2) is 0 Å². The van der Waals surface area contributed by atoms with Crippen LogP contribution in [0.2, 0.25) is 0 Å². The van der Waals surface area contributed by atoms with Crippen molar-refractivity contribution >= 4 is 11.9 Å². The molecule has 0 spiro atoms. The molecule has 1 aliphatic rings. The highest BCUT2D eigenvalue weighted by Crippen LogP contribution is 2.07. The lowest BCUT2D eigenvalue weighted by atomic mass is 10.2. The molecule has 6 heteroatoms. The van der Waals surface area contributed by atoms with Crippen molar-refractivity contribution < 1.29 is 19.4 Å². The molecule has 0 aromatic heterocycles. The van der Waals surface area contributed by atoms with Crippen LogP contribution >= 0.6 is 0 Å². The van der Waals surface area contributed by atoms with Gasteiger partial charge in [0, 0.05) is 19.6 Å². The SMILES string of the molecule is CCN(CC)C(=O)CN1CCOCC1C(=O)O. The average Bonchev–Trinajstić information content (AvgIpc) is 2.31. The van der Waals surface area contributed by atoms with E-state index in [-0.39, 0.29) is 19.1 Å². The first-order valence-electron chi connectivity index (χ1n) is 5.92. The fourth-order valence-corrected chi connectivity index (χ4v) is 1.90. The summed E-state index contributed by atoms with van der Waals surface area (Å²) in [7, 11) is 0. The van der Waals surface area contributed by atoms with Crippen LogP contribution in [0.4, 0.5) is 0 Å². The van der Waals surface area contributed by atoms with E-state index >= 15 is 0 Å². The molecule has 0 aromatic carbocycles. The fraction of sp³-hybridized carbons (Fsp3) is 0.818. The van der Waals surface area contributed by atoms with Gasteiger partial charge >= 0.3 is 5.97 Å². The molecule has 1 amide bonds. The van der Waals surface area contributed by atoms with Gasteiger partial charge in [-0.05, 0) is 13.8 Å². The van der Waals surface area contributed by atoms with Crippen LogP contribution < -0.4 is 0 Å². The molecule has 0 aliphatic carbocycles. The number of morpholine rings is 1. The molecule has 1 rings (SSSR count). The topological polar surface area (TPSA) is 70.1 Å². The number of hydrogen-bond donors (Lipinski definition) is 1. The van der Waals surface area contributed by atoms with Gasteiger partial charge in [0.05, 0.1) is 19.8 Å². The number of rotatable bonds is 5. The lowest BCUT2D eigenvalue weighted by molar-refractivity contribution is -0.151. The minimum absolute atomic E-state index is 0.0249. The van der Waals surface area contributed by atoms with E-state index in [0.29, 0.717) is 26.2 Å². The maximum absolute atomic E-state index is 11.9. The maximum Gasteiger partial charge on any atom is 0.323 e. The van der Waals surface area contributed by atoms with Crippen LogP contribution in [-0.4, -0.2) is 72.2 Å². The zero-order valence-corrected chi connectivity index (χ0v) is 10.4. The quantitative estimate of drug-likeness (QED) is 0.715. The molecule has 0 saturated carbocycles. The van der Waals surface area contributed by atoms with E-state index in [2.05, 4.69) is 0 Å². The van der Waals surface area contributed by atoms with Crippen molar-refractivity contribution in [2.24, 2.45) is 0 Å². The third kappa shape index (κ3) is 3.67. The summed E-state index contributed by atoms with van der Waals surface area (Å²) in [6, 6.07) is -0.705. The Labute approximate surface area is 101 Å². The number of aliphatic carboxylic acids is 1. The standard InChI is InChI=1S/C11H20N2O4/c1-3-12(4-2)10(14)7-13-5-6-17-8-9(13)11(15)16/h9H,3-8H2,1-2H3,(H,15,16). The Kier molecular flexibility index (Phi) is 5.37. The van der Waals surface area contributed by atoms with E-state index in [1.54, 1.807) is 9.80 Å². The molecule has 0 aromatic rings. The minimum atomic E-state index is -0.933. The number of carboxylic acids is 1. The summed E-state index contributed by atoms with van der Waals surface area (Å²) in [5, 5.41) is 9.03. The predicted octanol–water partition coefficient (Wildman–Crippen LogP) is -0.360. The van der Waals surface area contributed by atoms with Gasteiger partial charge in [-0.3, -0.25) is 14.5 Å². The van der Waals surface area contributed by atoms with Crippen LogP contribution in [0.25, 0.3) is 0 Å². The lowest BCUT2D eigenvalue weighted by Gasteiger charge is -2.33. The Hall–Kier alpha value is -1.14. The van der Waals surface area contributed by atoms with E-state index in [1.807, 2.05) is 13.8 Å².